The Balaban J connectivity index is 1.96. The van der Waals surface area contributed by atoms with Crippen LogP contribution >= 0.6 is 11.5 Å². The average molecular weight is 328 g/mol. The van der Waals surface area contributed by atoms with Gasteiger partial charge in [0.2, 0.25) is 0 Å². The van der Waals surface area contributed by atoms with Crippen LogP contribution in [0.5, 0.6) is 0 Å². The van der Waals surface area contributed by atoms with E-state index in [0.717, 1.165) is 27.5 Å². The van der Waals surface area contributed by atoms with Crippen LogP contribution in [0.25, 0.3) is 22.1 Å². The van der Waals surface area contributed by atoms with E-state index in [1.165, 1.54) is 18.6 Å². The minimum absolute atomic E-state index is 0.0546. The van der Waals surface area contributed by atoms with E-state index in [2.05, 4.69) is 14.5 Å². The van der Waals surface area contributed by atoms with Crippen LogP contribution in [0.1, 0.15) is 11.3 Å². The highest BCUT2D eigenvalue weighted by molar-refractivity contribution is 7.09. The van der Waals surface area contributed by atoms with Gasteiger partial charge in [-0.3, -0.25) is 9.48 Å². The summed E-state index contributed by atoms with van der Waals surface area (Å²) in [5.74, 6) is 0.329. The molecular formula is C16H16N4O2S. The van der Waals surface area contributed by atoms with Crippen molar-refractivity contribution in [3.8, 4) is 22.1 Å². The fraction of sp³-hybridized carbons (Fsp3) is 0.250. The lowest BCUT2D eigenvalue weighted by molar-refractivity contribution is -0.141. The summed E-state index contributed by atoms with van der Waals surface area (Å²) in [6.45, 7) is 3.96. The van der Waals surface area contributed by atoms with Crippen LogP contribution in [0.4, 0.5) is 0 Å². The van der Waals surface area contributed by atoms with Gasteiger partial charge in [-0.1, -0.05) is 23.8 Å². The summed E-state index contributed by atoms with van der Waals surface area (Å²) in [7, 11) is 1.36. The van der Waals surface area contributed by atoms with Crippen molar-refractivity contribution in [1.29, 1.82) is 0 Å². The van der Waals surface area contributed by atoms with Crippen LogP contribution in [-0.2, 0) is 16.1 Å². The molecule has 2 aromatic heterocycles. The average Bonchev–Trinajstić information content (AvgIpc) is 3.14. The summed E-state index contributed by atoms with van der Waals surface area (Å²) >= 11 is 1.29. The second-order valence-electron chi connectivity index (χ2n) is 5.20. The lowest BCUT2D eigenvalue weighted by atomic mass is 10.1. The van der Waals surface area contributed by atoms with Crippen molar-refractivity contribution in [2.75, 3.05) is 7.11 Å². The minimum Gasteiger partial charge on any atom is -0.468 e. The number of carbonyl (C=O) groups excluding carboxylic acids is 1. The molecule has 0 aliphatic rings. The quantitative estimate of drug-likeness (QED) is 0.689. The molecule has 0 atom stereocenters. The lowest BCUT2D eigenvalue weighted by Gasteiger charge is -2.03. The largest absolute Gasteiger partial charge is 0.468 e. The van der Waals surface area contributed by atoms with Crippen LogP contribution in [0.15, 0.2) is 30.3 Å². The maximum atomic E-state index is 11.5. The highest BCUT2D eigenvalue weighted by Crippen LogP contribution is 2.27. The summed E-state index contributed by atoms with van der Waals surface area (Å²) < 4.78 is 10.7. The summed E-state index contributed by atoms with van der Waals surface area (Å²) in [4.78, 5) is 16.1. The number of nitrogens with zero attached hydrogens (tertiary/aromatic N) is 4. The summed E-state index contributed by atoms with van der Waals surface area (Å²) in [6, 6.07) is 9.94. The van der Waals surface area contributed by atoms with E-state index in [1.54, 1.807) is 4.68 Å². The molecule has 0 saturated carbocycles. The molecule has 0 amide bonds. The van der Waals surface area contributed by atoms with Gasteiger partial charge in [-0.25, -0.2) is 4.98 Å². The van der Waals surface area contributed by atoms with Crippen LogP contribution in [0.2, 0.25) is 0 Å². The molecule has 0 saturated heterocycles. The standard InChI is InChI=1S/C16H16N4O2S/c1-10-5-4-6-12(7-10)15-17-16(23-19-15)13-8-11(2)18-20(13)9-14(21)22-3/h4-8H,9H2,1-3H3. The topological polar surface area (TPSA) is 69.9 Å². The highest BCUT2D eigenvalue weighted by Gasteiger charge is 2.16. The first-order chi connectivity index (χ1) is 11.1. The minimum atomic E-state index is -0.349. The number of rotatable bonds is 4. The molecule has 3 aromatic rings. The van der Waals surface area contributed by atoms with Crippen molar-refractivity contribution in [1.82, 2.24) is 19.1 Å². The maximum absolute atomic E-state index is 11.5. The second-order valence-corrected chi connectivity index (χ2v) is 5.95. The lowest BCUT2D eigenvalue weighted by Crippen LogP contribution is -2.13. The fourth-order valence-electron chi connectivity index (χ4n) is 2.25. The number of esters is 1. The molecule has 7 heteroatoms. The van der Waals surface area contributed by atoms with E-state index in [4.69, 9.17) is 4.74 Å². The van der Waals surface area contributed by atoms with Crippen LogP contribution < -0.4 is 0 Å². The Morgan fingerprint density at radius 3 is 2.87 bits per heavy atom. The molecule has 0 unspecified atom stereocenters. The molecule has 0 aliphatic carbocycles. The Morgan fingerprint density at radius 1 is 1.30 bits per heavy atom. The van der Waals surface area contributed by atoms with E-state index in [1.807, 2.05) is 44.2 Å². The third-order valence-corrected chi connectivity index (χ3v) is 4.07. The van der Waals surface area contributed by atoms with E-state index in [-0.39, 0.29) is 12.5 Å². The van der Waals surface area contributed by atoms with E-state index in [9.17, 15) is 4.79 Å². The normalized spacial score (nSPS) is 10.7. The molecular weight excluding hydrogens is 312 g/mol. The number of aromatic nitrogens is 4. The van der Waals surface area contributed by atoms with Gasteiger partial charge in [0.05, 0.1) is 18.5 Å². The number of hydrogen-bond acceptors (Lipinski definition) is 6. The smallest absolute Gasteiger partial charge is 0.327 e. The Bertz CT molecular complexity index is 853. The predicted molar refractivity (Wildman–Crippen MR) is 88.1 cm³/mol. The first-order valence-electron chi connectivity index (χ1n) is 7.09. The molecule has 2 heterocycles. The van der Waals surface area contributed by atoms with Gasteiger partial charge in [0.15, 0.2) is 10.8 Å². The zero-order valence-corrected chi connectivity index (χ0v) is 13.9. The summed E-state index contributed by atoms with van der Waals surface area (Å²) in [5, 5.41) is 5.05. The predicted octanol–water partition coefficient (Wildman–Crippen LogP) is 2.86. The first-order valence-corrected chi connectivity index (χ1v) is 7.86. The Hall–Kier alpha value is -2.54. The molecule has 23 heavy (non-hydrogen) atoms. The van der Waals surface area contributed by atoms with Crippen LogP contribution in [0.3, 0.4) is 0 Å². The Labute approximate surface area is 137 Å². The zero-order valence-electron chi connectivity index (χ0n) is 13.1. The van der Waals surface area contributed by atoms with Gasteiger partial charge in [-0.05, 0) is 37.5 Å². The number of aryl methyl sites for hydroxylation is 2. The number of methoxy groups -OCH3 is 1. The summed E-state index contributed by atoms with van der Waals surface area (Å²) in [6.07, 6.45) is 0. The molecule has 0 fully saturated rings. The molecule has 1 aromatic carbocycles. The van der Waals surface area contributed by atoms with E-state index in [0.29, 0.717) is 5.82 Å². The summed E-state index contributed by atoms with van der Waals surface area (Å²) in [5.41, 5.74) is 3.72. The Morgan fingerprint density at radius 2 is 2.13 bits per heavy atom. The highest BCUT2D eigenvalue weighted by atomic mass is 32.1. The van der Waals surface area contributed by atoms with Crippen molar-refractivity contribution in [3.05, 3.63) is 41.6 Å². The fourth-order valence-corrected chi connectivity index (χ4v) is 2.96. The number of benzene rings is 1. The molecule has 0 bridgehead atoms. The van der Waals surface area contributed by atoms with Gasteiger partial charge in [0, 0.05) is 5.56 Å². The van der Waals surface area contributed by atoms with Gasteiger partial charge in [-0.2, -0.15) is 9.47 Å². The maximum Gasteiger partial charge on any atom is 0.327 e. The van der Waals surface area contributed by atoms with E-state index >= 15 is 0 Å². The molecule has 0 aliphatic heterocycles. The second kappa shape index (κ2) is 6.29. The van der Waals surface area contributed by atoms with Crippen molar-refractivity contribution in [2.45, 2.75) is 20.4 Å². The molecule has 6 nitrogen and oxygen atoms in total. The molecule has 0 spiro atoms. The number of ether oxygens (including phenoxy) is 1. The molecule has 0 N–H and O–H groups in total. The SMILES string of the molecule is COC(=O)Cn1nc(C)cc1-c1nc(-c2cccc(C)c2)ns1. The Kier molecular flexibility index (Phi) is 4.20. The molecule has 118 valence electrons. The van der Waals surface area contributed by atoms with E-state index < -0.39 is 0 Å². The zero-order chi connectivity index (χ0) is 16.4. The number of carbonyl (C=O) groups is 1. The third kappa shape index (κ3) is 3.29. The van der Waals surface area contributed by atoms with Crippen molar-refractivity contribution >= 4 is 17.5 Å². The van der Waals surface area contributed by atoms with Crippen LogP contribution in [-0.4, -0.2) is 32.2 Å². The monoisotopic (exact) mass is 328 g/mol. The number of hydrogen-bond donors (Lipinski definition) is 0. The van der Waals surface area contributed by atoms with Crippen molar-refractivity contribution in [3.63, 3.8) is 0 Å². The van der Waals surface area contributed by atoms with Gasteiger partial charge >= 0.3 is 5.97 Å². The van der Waals surface area contributed by atoms with Crippen LogP contribution in [0, 0.1) is 13.8 Å². The van der Waals surface area contributed by atoms with Crippen molar-refractivity contribution in [2.24, 2.45) is 0 Å². The van der Waals surface area contributed by atoms with Gasteiger partial charge in [0.25, 0.3) is 0 Å². The van der Waals surface area contributed by atoms with Gasteiger partial charge in [-0.15, -0.1) is 0 Å². The molecule has 3 rings (SSSR count). The van der Waals surface area contributed by atoms with Crippen molar-refractivity contribution < 1.29 is 9.53 Å². The van der Waals surface area contributed by atoms with Gasteiger partial charge < -0.3 is 4.74 Å². The van der Waals surface area contributed by atoms with Gasteiger partial charge in [0.1, 0.15) is 6.54 Å². The first kappa shape index (κ1) is 15.4. The third-order valence-electron chi connectivity index (χ3n) is 3.33. The molecule has 0 radical (unpaired) electrons.